The lowest BCUT2D eigenvalue weighted by atomic mass is 9.87. The van der Waals surface area contributed by atoms with Gasteiger partial charge in [0.15, 0.2) is 0 Å². The van der Waals surface area contributed by atoms with Gasteiger partial charge in [0.1, 0.15) is 11.5 Å². The molecule has 1 aliphatic carbocycles. The maximum Gasteiger partial charge on any atom is 0.130 e. The van der Waals surface area contributed by atoms with E-state index in [2.05, 4.69) is 67.0 Å². The zero-order chi connectivity index (χ0) is 15.6. The standard InChI is InChI=1S/C21H19NO/c1-13(2)22-18-9-5-3-7-14(18)16-12-21-17(11-19(16)22)15-8-4-6-10-20(15)23-21/h3-10,12-13,17H,11H2,1-2H3. The van der Waals surface area contributed by atoms with E-state index in [4.69, 9.17) is 4.74 Å². The molecule has 1 unspecified atom stereocenters. The highest BCUT2D eigenvalue weighted by Crippen LogP contribution is 2.48. The van der Waals surface area contributed by atoms with Crippen molar-refractivity contribution in [1.82, 2.24) is 4.57 Å². The van der Waals surface area contributed by atoms with E-state index in [1.54, 1.807) is 0 Å². The summed E-state index contributed by atoms with van der Waals surface area (Å²) in [6.07, 6.45) is 3.29. The van der Waals surface area contributed by atoms with E-state index in [1.807, 2.05) is 6.07 Å². The first-order valence-corrected chi connectivity index (χ1v) is 8.34. The molecule has 1 atom stereocenters. The third-order valence-corrected chi connectivity index (χ3v) is 5.12. The van der Waals surface area contributed by atoms with E-state index in [0.29, 0.717) is 12.0 Å². The smallest absolute Gasteiger partial charge is 0.130 e. The van der Waals surface area contributed by atoms with Crippen molar-refractivity contribution in [1.29, 1.82) is 0 Å². The number of fused-ring (bicyclic) bond motifs is 6. The molecule has 0 saturated heterocycles. The number of hydrogen-bond acceptors (Lipinski definition) is 1. The number of benzene rings is 2. The number of allylic oxidation sites excluding steroid dienone is 1. The second-order valence-electron chi connectivity index (χ2n) is 6.78. The molecule has 0 N–H and O–H groups in total. The Labute approximate surface area is 136 Å². The van der Waals surface area contributed by atoms with Crippen molar-refractivity contribution in [3.8, 4) is 5.75 Å². The van der Waals surface area contributed by atoms with Gasteiger partial charge in [-0.2, -0.15) is 0 Å². The minimum atomic E-state index is 0.362. The van der Waals surface area contributed by atoms with Gasteiger partial charge >= 0.3 is 0 Å². The molecule has 23 heavy (non-hydrogen) atoms. The summed E-state index contributed by atoms with van der Waals surface area (Å²) in [5.41, 5.74) is 5.44. The summed E-state index contributed by atoms with van der Waals surface area (Å²) < 4.78 is 8.64. The summed E-state index contributed by atoms with van der Waals surface area (Å²) in [4.78, 5) is 0. The maximum atomic E-state index is 6.14. The van der Waals surface area contributed by atoms with Gasteiger partial charge in [-0.1, -0.05) is 36.4 Å². The quantitative estimate of drug-likeness (QED) is 0.595. The Morgan fingerprint density at radius 1 is 1.04 bits per heavy atom. The van der Waals surface area contributed by atoms with Gasteiger partial charge in [-0.3, -0.25) is 0 Å². The van der Waals surface area contributed by atoms with Crippen LogP contribution in [-0.4, -0.2) is 4.57 Å². The Morgan fingerprint density at radius 2 is 1.83 bits per heavy atom. The van der Waals surface area contributed by atoms with E-state index in [9.17, 15) is 0 Å². The van der Waals surface area contributed by atoms with Crippen LogP contribution in [0.25, 0.3) is 17.0 Å². The molecule has 0 radical (unpaired) electrons. The topological polar surface area (TPSA) is 14.2 Å². The lowest BCUT2D eigenvalue weighted by Crippen LogP contribution is -2.14. The molecule has 0 bridgehead atoms. The van der Waals surface area contributed by atoms with E-state index < -0.39 is 0 Å². The first kappa shape index (κ1) is 13.0. The van der Waals surface area contributed by atoms with Crippen LogP contribution in [0.5, 0.6) is 5.75 Å². The molecular formula is C21H19NO. The van der Waals surface area contributed by atoms with Crippen molar-refractivity contribution in [2.75, 3.05) is 0 Å². The molecule has 0 amide bonds. The van der Waals surface area contributed by atoms with Crippen LogP contribution in [0.3, 0.4) is 0 Å². The summed E-state index contributed by atoms with van der Waals surface area (Å²) in [5.74, 6) is 2.49. The van der Waals surface area contributed by atoms with Crippen molar-refractivity contribution < 1.29 is 4.74 Å². The lowest BCUT2D eigenvalue weighted by Gasteiger charge is -2.21. The zero-order valence-corrected chi connectivity index (χ0v) is 13.4. The number of aromatic nitrogens is 1. The van der Waals surface area contributed by atoms with Crippen LogP contribution in [0.2, 0.25) is 0 Å². The average Bonchev–Trinajstić information content (AvgIpc) is 3.08. The Kier molecular flexibility index (Phi) is 2.55. The van der Waals surface area contributed by atoms with Gasteiger partial charge in [-0.15, -0.1) is 0 Å². The van der Waals surface area contributed by atoms with Crippen LogP contribution in [0.15, 0.2) is 54.3 Å². The number of nitrogens with zero attached hydrogens (tertiary/aromatic N) is 1. The minimum absolute atomic E-state index is 0.362. The molecule has 3 aromatic rings. The SMILES string of the molecule is CC(C)n1c2c(c3ccccc31)C=C1Oc3ccccc3C1C2. The van der Waals surface area contributed by atoms with Crippen molar-refractivity contribution in [3.63, 3.8) is 0 Å². The van der Waals surface area contributed by atoms with Crippen molar-refractivity contribution in [2.45, 2.75) is 32.2 Å². The molecule has 2 aromatic carbocycles. The summed E-state index contributed by atoms with van der Waals surface area (Å²) in [6.45, 7) is 4.54. The number of rotatable bonds is 1. The molecule has 114 valence electrons. The van der Waals surface area contributed by atoms with Gasteiger partial charge in [0.25, 0.3) is 0 Å². The largest absolute Gasteiger partial charge is 0.461 e. The summed E-state index contributed by atoms with van der Waals surface area (Å²) in [6, 6.07) is 17.6. The predicted molar refractivity (Wildman–Crippen MR) is 93.8 cm³/mol. The average molecular weight is 301 g/mol. The zero-order valence-electron chi connectivity index (χ0n) is 13.4. The fourth-order valence-corrected chi connectivity index (χ4v) is 4.19. The molecule has 0 fully saturated rings. The van der Waals surface area contributed by atoms with Crippen LogP contribution < -0.4 is 4.74 Å². The molecule has 2 heteroatoms. The maximum absolute atomic E-state index is 6.14. The van der Waals surface area contributed by atoms with Gasteiger partial charge < -0.3 is 9.30 Å². The molecule has 1 aromatic heterocycles. The van der Waals surface area contributed by atoms with E-state index in [0.717, 1.165) is 17.9 Å². The second-order valence-corrected chi connectivity index (χ2v) is 6.78. The monoisotopic (exact) mass is 301 g/mol. The fraction of sp³-hybridized carbons (Fsp3) is 0.238. The minimum Gasteiger partial charge on any atom is -0.461 e. The lowest BCUT2D eigenvalue weighted by molar-refractivity contribution is 0.425. The van der Waals surface area contributed by atoms with Crippen LogP contribution in [0, 0.1) is 0 Å². The highest BCUT2D eigenvalue weighted by atomic mass is 16.5. The van der Waals surface area contributed by atoms with E-state index >= 15 is 0 Å². The molecule has 1 aliphatic heterocycles. The summed E-state index contributed by atoms with van der Waals surface area (Å²) in [5, 5.41) is 1.33. The Morgan fingerprint density at radius 3 is 2.70 bits per heavy atom. The molecular weight excluding hydrogens is 282 g/mol. The number of para-hydroxylation sites is 2. The van der Waals surface area contributed by atoms with Crippen LogP contribution >= 0.6 is 0 Å². The third-order valence-electron chi connectivity index (χ3n) is 5.12. The van der Waals surface area contributed by atoms with E-state index in [-0.39, 0.29) is 0 Å². The van der Waals surface area contributed by atoms with Crippen molar-refractivity contribution in [2.24, 2.45) is 0 Å². The molecule has 0 spiro atoms. The molecule has 2 heterocycles. The summed E-state index contributed by atoms with van der Waals surface area (Å²) >= 11 is 0. The third kappa shape index (κ3) is 1.69. The first-order chi connectivity index (χ1) is 11.2. The van der Waals surface area contributed by atoms with Gasteiger partial charge in [-0.05, 0) is 32.1 Å². The molecule has 5 rings (SSSR count). The molecule has 2 nitrogen and oxygen atoms in total. The second kappa shape index (κ2) is 4.51. The van der Waals surface area contributed by atoms with Crippen LogP contribution in [-0.2, 0) is 6.42 Å². The highest BCUT2D eigenvalue weighted by molar-refractivity contribution is 5.93. The van der Waals surface area contributed by atoms with E-state index in [1.165, 1.54) is 27.7 Å². The first-order valence-electron chi connectivity index (χ1n) is 8.34. The van der Waals surface area contributed by atoms with Gasteiger partial charge in [0.05, 0.1) is 5.92 Å². The van der Waals surface area contributed by atoms with Gasteiger partial charge in [0.2, 0.25) is 0 Å². The predicted octanol–water partition coefficient (Wildman–Crippen LogP) is 5.30. The normalized spacial score (nSPS) is 18.4. The molecule has 0 saturated carbocycles. The Bertz CT molecular complexity index is 961. The highest BCUT2D eigenvalue weighted by Gasteiger charge is 2.35. The number of ether oxygens (including phenoxy) is 1. The molecule has 2 aliphatic rings. The fourth-order valence-electron chi connectivity index (χ4n) is 4.19. The van der Waals surface area contributed by atoms with Crippen molar-refractivity contribution >= 4 is 17.0 Å². The Hall–Kier alpha value is -2.48. The Balaban J connectivity index is 1.77. The number of hydrogen-bond donors (Lipinski definition) is 0. The van der Waals surface area contributed by atoms with Gasteiger partial charge in [-0.25, -0.2) is 0 Å². The summed E-state index contributed by atoms with van der Waals surface area (Å²) in [7, 11) is 0. The van der Waals surface area contributed by atoms with Crippen LogP contribution in [0.1, 0.15) is 42.6 Å². The van der Waals surface area contributed by atoms with Gasteiger partial charge in [0, 0.05) is 40.2 Å². The van der Waals surface area contributed by atoms with Crippen LogP contribution in [0.4, 0.5) is 0 Å². The van der Waals surface area contributed by atoms with Crippen molar-refractivity contribution in [3.05, 3.63) is 71.1 Å².